The quantitative estimate of drug-likeness (QED) is 0.314. The van der Waals surface area contributed by atoms with Crippen LogP contribution in [0.25, 0.3) is 0 Å². The number of aliphatic hydroxyl groups is 1. The first-order valence-electron chi connectivity index (χ1n) is 14.9. The highest BCUT2D eigenvalue weighted by Gasteiger charge is 2.59. The van der Waals surface area contributed by atoms with Crippen molar-refractivity contribution in [1.82, 2.24) is 0 Å². The molecule has 8 atom stereocenters. The Morgan fingerprint density at radius 2 is 1.86 bits per heavy atom. The SMILES string of the molecule is C[C@@H](/C=C/CC(C)(C)O)[C@H]1CC[C@H]2[C@@H]3CC=C4C[C@@H](OC(=O)c5ccccc5)CC[C@]4(C)[C@H]3CC[C@]12C. The fourth-order valence-corrected chi connectivity index (χ4v) is 9.13. The summed E-state index contributed by atoms with van der Waals surface area (Å²) in [6, 6.07) is 9.42. The summed E-state index contributed by atoms with van der Waals surface area (Å²) >= 11 is 0. The molecule has 3 saturated carbocycles. The van der Waals surface area contributed by atoms with Crippen molar-refractivity contribution >= 4 is 5.97 Å². The number of fused-ring (bicyclic) bond motifs is 5. The molecule has 1 aromatic carbocycles. The van der Waals surface area contributed by atoms with E-state index in [2.05, 4.69) is 39.0 Å². The molecule has 0 amide bonds. The van der Waals surface area contributed by atoms with E-state index in [0.29, 0.717) is 16.9 Å². The van der Waals surface area contributed by atoms with Crippen LogP contribution in [0.3, 0.4) is 0 Å². The van der Waals surface area contributed by atoms with Crippen molar-refractivity contribution in [2.75, 3.05) is 0 Å². The van der Waals surface area contributed by atoms with Crippen LogP contribution >= 0.6 is 0 Å². The van der Waals surface area contributed by atoms with E-state index in [4.69, 9.17) is 4.74 Å². The largest absolute Gasteiger partial charge is 0.458 e. The lowest BCUT2D eigenvalue weighted by atomic mass is 9.47. The van der Waals surface area contributed by atoms with Crippen molar-refractivity contribution in [2.45, 2.75) is 104 Å². The summed E-state index contributed by atoms with van der Waals surface area (Å²) in [6.45, 7) is 11.3. The number of hydrogen-bond acceptors (Lipinski definition) is 3. The van der Waals surface area contributed by atoms with Gasteiger partial charge in [0.05, 0.1) is 11.2 Å². The van der Waals surface area contributed by atoms with Crippen LogP contribution in [0.15, 0.2) is 54.1 Å². The molecule has 3 nitrogen and oxygen atoms in total. The molecule has 4 aliphatic carbocycles. The molecule has 0 unspecified atom stereocenters. The molecule has 0 radical (unpaired) electrons. The first-order valence-corrected chi connectivity index (χ1v) is 14.9. The fourth-order valence-electron chi connectivity index (χ4n) is 9.13. The summed E-state index contributed by atoms with van der Waals surface area (Å²) in [4.78, 5) is 12.7. The van der Waals surface area contributed by atoms with E-state index in [-0.39, 0.29) is 17.5 Å². The van der Waals surface area contributed by atoms with Gasteiger partial charge in [-0.15, -0.1) is 0 Å². The van der Waals surface area contributed by atoms with Gasteiger partial charge in [-0.25, -0.2) is 4.79 Å². The van der Waals surface area contributed by atoms with Crippen LogP contribution in [0, 0.1) is 40.4 Å². The lowest BCUT2D eigenvalue weighted by Crippen LogP contribution is -2.51. The van der Waals surface area contributed by atoms with Gasteiger partial charge >= 0.3 is 5.97 Å². The van der Waals surface area contributed by atoms with Crippen LogP contribution < -0.4 is 0 Å². The predicted octanol–water partition coefficient (Wildman–Crippen LogP) is 8.14. The number of allylic oxidation sites excluding steroid dienone is 2. The number of carbonyl (C=O) groups is 1. The van der Waals surface area contributed by atoms with Crippen LogP contribution in [0.4, 0.5) is 0 Å². The summed E-state index contributed by atoms with van der Waals surface area (Å²) in [5.41, 5.74) is 2.27. The highest BCUT2D eigenvalue weighted by Crippen LogP contribution is 2.67. The molecule has 3 fully saturated rings. The second-order valence-electron chi connectivity index (χ2n) is 13.9. The molecule has 1 aromatic rings. The molecule has 3 heteroatoms. The summed E-state index contributed by atoms with van der Waals surface area (Å²) in [5.74, 6) is 3.48. The normalized spacial score (nSPS) is 38.3. The molecular formula is C34H48O3. The molecule has 37 heavy (non-hydrogen) atoms. The third kappa shape index (κ3) is 5.10. The van der Waals surface area contributed by atoms with Crippen molar-refractivity contribution in [1.29, 1.82) is 0 Å². The third-order valence-corrected chi connectivity index (χ3v) is 11.1. The van der Waals surface area contributed by atoms with Gasteiger partial charge in [0.1, 0.15) is 6.10 Å². The van der Waals surface area contributed by atoms with Crippen molar-refractivity contribution in [2.24, 2.45) is 40.4 Å². The summed E-state index contributed by atoms with van der Waals surface area (Å²) < 4.78 is 5.98. The van der Waals surface area contributed by atoms with Gasteiger partial charge in [-0.1, -0.05) is 62.8 Å². The van der Waals surface area contributed by atoms with Crippen molar-refractivity contribution in [3.8, 4) is 0 Å². The molecular weight excluding hydrogens is 456 g/mol. The zero-order valence-electron chi connectivity index (χ0n) is 23.7. The Morgan fingerprint density at radius 1 is 1.11 bits per heavy atom. The Kier molecular flexibility index (Phi) is 7.24. The van der Waals surface area contributed by atoms with E-state index in [1.54, 1.807) is 5.57 Å². The minimum atomic E-state index is -0.628. The molecule has 0 spiro atoms. The van der Waals surface area contributed by atoms with Gasteiger partial charge in [-0.3, -0.25) is 0 Å². The average molecular weight is 505 g/mol. The van der Waals surface area contributed by atoms with Gasteiger partial charge in [-0.05, 0) is 118 Å². The number of esters is 1. The Balaban J connectivity index is 1.27. The maximum Gasteiger partial charge on any atom is 0.338 e. The minimum absolute atomic E-state index is 0.00448. The molecule has 5 rings (SSSR count). The second-order valence-corrected chi connectivity index (χ2v) is 13.9. The first kappa shape index (κ1) is 26.7. The van der Waals surface area contributed by atoms with Crippen molar-refractivity contribution in [3.63, 3.8) is 0 Å². The predicted molar refractivity (Wildman–Crippen MR) is 150 cm³/mol. The number of benzene rings is 1. The number of rotatable bonds is 6. The van der Waals surface area contributed by atoms with E-state index in [1.807, 2.05) is 44.2 Å². The van der Waals surface area contributed by atoms with Gasteiger partial charge in [0.25, 0.3) is 0 Å². The van der Waals surface area contributed by atoms with E-state index < -0.39 is 5.60 Å². The zero-order valence-corrected chi connectivity index (χ0v) is 23.7. The van der Waals surface area contributed by atoms with Crippen LogP contribution in [0.1, 0.15) is 103 Å². The maximum atomic E-state index is 12.7. The lowest BCUT2D eigenvalue weighted by molar-refractivity contribution is -0.0565. The number of hydrogen-bond donors (Lipinski definition) is 1. The Morgan fingerprint density at radius 3 is 2.59 bits per heavy atom. The minimum Gasteiger partial charge on any atom is -0.458 e. The molecule has 0 heterocycles. The van der Waals surface area contributed by atoms with Crippen molar-refractivity contribution < 1.29 is 14.6 Å². The highest BCUT2D eigenvalue weighted by molar-refractivity contribution is 5.89. The molecule has 0 aliphatic heterocycles. The lowest BCUT2D eigenvalue weighted by Gasteiger charge is -2.58. The molecule has 4 aliphatic rings. The highest BCUT2D eigenvalue weighted by atomic mass is 16.5. The van der Waals surface area contributed by atoms with Crippen molar-refractivity contribution in [3.05, 3.63) is 59.7 Å². The third-order valence-electron chi connectivity index (χ3n) is 11.1. The van der Waals surface area contributed by atoms with Gasteiger partial charge in [0.15, 0.2) is 0 Å². The standard InChI is InChI=1S/C34H48O3/c1-23(10-9-19-32(2,3)36)28-15-16-29-27-14-13-25-22-26(37-31(35)24-11-7-6-8-12-24)17-20-33(25,4)30(27)18-21-34(28,29)5/h6-13,23,26-30,36H,14-22H2,1-5H3/b10-9+/t23-,26-,27-,28+,29-,30-,33-,34+/m0/s1. The molecule has 0 aromatic heterocycles. The molecule has 202 valence electrons. The van der Waals surface area contributed by atoms with E-state index in [1.165, 1.54) is 32.1 Å². The second kappa shape index (κ2) is 10.0. The Bertz CT molecular complexity index is 1030. The van der Waals surface area contributed by atoms with E-state index in [0.717, 1.165) is 49.4 Å². The average Bonchev–Trinajstić information content (AvgIpc) is 3.21. The smallest absolute Gasteiger partial charge is 0.338 e. The molecule has 0 saturated heterocycles. The zero-order chi connectivity index (χ0) is 26.4. The van der Waals surface area contributed by atoms with Gasteiger partial charge in [0, 0.05) is 6.42 Å². The monoisotopic (exact) mass is 504 g/mol. The maximum absolute atomic E-state index is 12.7. The summed E-state index contributed by atoms with van der Waals surface area (Å²) in [5, 5.41) is 10.1. The van der Waals surface area contributed by atoms with Crippen LogP contribution in [-0.2, 0) is 4.74 Å². The van der Waals surface area contributed by atoms with Gasteiger partial charge < -0.3 is 9.84 Å². The van der Waals surface area contributed by atoms with E-state index in [9.17, 15) is 9.90 Å². The Hall–Kier alpha value is -1.87. The van der Waals surface area contributed by atoms with Crippen LogP contribution in [0.2, 0.25) is 0 Å². The summed E-state index contributed by atoms with van der Waals surface area (Å²) in [7, 11) is 0. The summed E-state index contributed by atoms with van der Waals surface area (Å²) in [6.07, 6.45) is 17.5. The molecule has 1 N–H and O–H groups in total. The topological polar surface area (TPSA) is 46.5 Å². The van der Waals surface area contributed by atoms with Crippen LogP contribution in [-0.4, -0.2) is 22.8 Å². The van der Waals surface area contributed by atoms with E-state index >= 15 is 0 Å². The van der Waals surface area contributed by atoms with Gasteiger partial charge in [-0.2, -0.15) is 0 Å². The number of ether oxygens (including phenoxy) is 1. The van der Waals surface area contributed by atoms with Gasteiger partial charge in [0.2, 0.25) is 0 Å². The molecule has 0 bridgehead atoms. The van der Waals surface area contributed by atoms with Crippen LogP contribution in [0.5, 0.6) is 0 Å². The fraction of sp³-hybridized carbons (Fsp3) is 0.676. The first-order chi connectivity index (χ1) is 17.5. The Labute approximate surface area is 224 Å². The number of carbonyl (C=O) groups excluding carboxylic acids is 1.